The van der Waals surface area contributed by atoms with Crippen LogP contribution in [0.5, 0.6) is 0 Å². The molecule has 1 aliphatic carbocycles. The first kappa shape index (κ1) is 13.1. The molecule has 3 N–H and O–H groups in total. The van der Waals surface area contributed by atoms with Gasteiger partial charge in [-0.15, -0.1) is 11.3 Å². The fraction of sp³-hybridized carbons (Fsp3) is 0.357. The normalized spacial score (nSPS) is 15.5. The van der Waals surface area contributed by atoms with Crippen molar-refractivity contribution in [2.75, 3.05) is 0 Å². The number of hydrogen-bond acceptors (Lipinski definition) is 4. The van der Waals surface area contributed by atoms with E-state index in [1.165, 1.54) is 34.6 Å². The van der Waals surface area contributed by atoms with Crippen molar-refractivity contribution < 1.29 is 0 Å². The van der Waals surface area contributed by atoms with E-state index in [0.717, 1.165) is 12.0 Å². The van der Waals surface area contributed by atoms with Crippen LogP contribution in [-0.4, -0.2) is 4.98 Å². The highest BCUT2D eigenvalue weighted by atomic mass is 35.5. The Balaban J connectivity index is 1.82. The van der Waals surface area contributed by atoms with Crippen LogP contribution < -0.4 is 11.3 Å². The Kier molecular flexibility index (Phi) is 3.84. The smallest absolute Gasteiger partial charge is 0.0622 e. The first-order chi connectivity index (χ1) is 9.28. The highest BCUT2D eigenvalue weighted by Gasteiger charge is 2.20. The highest BCUT2D eigenvalue weighted by Crippen LogP contribution is 2.35. The van der Waals surface area contributed by atoms with Crippen molar-refractivity contribution in [3.8, 4) is 0 Å². The van der Waals surface area contributed by atoms with Gasteiger partial charge in [0.15, 0.2) is 0 Å². The second-order valence-corrected chi connectivity index (χ2v) is 6.42. The lowest BCUT2D eigenvalue weighted by Gasteiger charge is -2.15. The van der Waals surface area contributed by atoms with Gasteiger partial charge in [0.05, 0.1) is 11.1 Å². The number of rotatable bonds is 4. The lowest BCUT2D eigenvalue weighted by Crippen LogP contribution is -2.29. The van der Waals surface area contributed by atoms with Gasteiger partial charge in [0.25, 0.3) is 0 Å². The highest BCUT2D eigenvalue weighted by molar-refractivity contribution is 7.12. The molecule has 0 fully saturated rings. The van der Waals surface area contributed by atoms with Crippen molar-refractivity contribution in [2.24, 2.45) is 5.84 Å². The molecule has 5 heteroatoms. The third kappa shape index (κ3) is 2.67. The van der Waals surface area contributed by atoms with E-state index in [4.69, 9.17) is 17.4 Å². The quantitative estimate of drug-likeness (QED) is 0.673. The third-order valence-corrected chi connectivity index (χ3v) is 5.28. The Morgan fingerprint density at radius 3 is 3.11 bits per heavy atom. The number of nitrogens with zero attached hydrogens (tertiary/aromatic N) is 1. The number of aryl methyl sites for hydroxylation is 2. The Morgan fingerprint density at radius 1 is 1.47 bits per heavy atom. The SMILES string of the molecule is NNC(Cc1ccncc1Cl)c1cc2c(s1)CCC2. The van der Waals surface area contributed by atoms with Gasteiger partial charge in [0.2, 0.25) is 0 Å². The number of hydrazine groups is 1. The maximum Gasteiger partial charge on any atom is 0.0622 e. The third-order valence-electron chi connectivity index (χ3n) is 3.59. The molecule has 3 rings (SSSR count). The molecule has 100 valence electrons. The standard InChI is InChI=1S/C14H16ClN3S/c15-11-8-17-5-4-9(11)6-12(18-16)14-7-10-2-1-3-13(10)19-14/h4-5,7-8,12,18H,1-3,6,16H2. The van der Waals surface area contributed by atoms with E-state index >= 15 is 0 Å². The number of nitrogens with two attached hydrogens (primary N) is 1. The molecule has 3 nitrogen and oxygen atoms in total. The molecular formula is C14H16ClN3S. The Labute approximate surface area is 121 Å². The van der Waals surface area contributed by atoms with E-state index in [2.05, 4.69) is 16.5 Å². The van der Waals surface area contributed by atoms with Gasteiger partial charge in [0.1, 0.15) is 0 Å². The molecule has 19 heavy (non-hydrogen) atoms. The fourth-order valence-electron chi connectivity index (χ4n) is 2.55. The van der Waals surface area contributed by atoms with Crippen LogP contribution in [0.3, 0.4) is 0 Å². The largest absolute Gasteiger partial charge is 0.271 e. The minimum absolute atomic E-state index is 0.121. The average Bonchev–Trinajstić information content (AvgIpc) is 2.98. The predicted octanol–water partition coefficient (Wildman–Crippen LogP) is 3.03. The van der Waals surface area contributed by atoms with Crippen molar-refractivity contribution in [3.63, 3.8) is 0 Å². The molecule has 0 aliphatic heterocycles. The van der Waals surface area contributed by atoms with E-state index < -0.39 is 0 Å². The van der Waals surface area contributed by atoms with Gasteiger partial charge in [0, 0.05) is 22.1 Å². The Hall–Kier alpha value is -0.940. The summed E-state index contributed by atoms with van der Waals surface area (Å²) in [6.45, 7) is 0. The van der Waals surface area contributed by atoms with Gasteiger partial charge in [-0.05, 0) is 48.9 Å². The zero-order chi connectivity index (χ0) is 13.2. The maximum absolute atomic E-state index is 6.16. The molecule has 2 aromatic heterocycles. The van der Waals surface area contributed by atoms with Crippen LogP contribution in [0, 0.1) is 0 Å². The number of thiophene rings is 1. The van der Waals surface area contributed by atoms with E-state index in [9.17, 15) is 0 Å². The summed E-state index contributed by atoms with van der Waals surface area (Å²) in [6, 6.07) is 4.37. The van der Waals surface area contributed by atoms with Gasteiger partial charge in [-0.25, -0.2) is 0 Å². The van der Waals surface area contributed by atoms with Gasteiger partial charge in [-0.3, -0.25) is 16.3 Å². The van der Waals surface area contributed by atoms with Crippen LogP contribution in [0.1, 0.15) is 33.3 Å². The van der Waals surface area contributed by atoms with Crippen molar-refractivity contribution in [1.82, 2.24) is 10.4 Å². The first-order valence-electron chi connectivity index (χ1n) is 6.44. The van der Waals surface area contributed by atoms with Crippen LogP contribution in [-0.2, 0) is 19.3 Å². The van der Waals surface area contributed by atoms with Gasteiger partial charge in [-0.1, -0.05) is 11.6 Å². The molecule has 0 spiro atoms. The van der Waals surface area contributed by atoms with Crippen molar-refractivity contribution >= 4 is 22.9 Å². The molecule has 1 atom stereocenters. The summed E-state index contributed by atoms with van der Waals surface area (Å²) in [4.78, 5) is 6.84. The summed E-state index contributed by atoms with van der Waals surface area (Å²) in [7, 11) is 0. The van der Waals surface area contributed by atoms with Crippen molar-refractivity contribution in [2.45, 2.75) is 31.7 Å². The molecular weight excluding hydrogens is 278 g/mol. The summed E-state index contributed by atoms with van der Waals surface area (Å²) >= 11 is 8.04. The molecule has 0 radical (unpaired) electrons. The molecule has 1 aliphatic rings. The summed E-state index contributed by atoms with van der Waals surface area (Å²) in [5.74, 6) is 5.72. The second kappa shape index (κ2) is 5.59. The molecule has 2 heterocycles. The molecule has 0 amide bonds. The van der Waals surface area contributed by atoms with Crippen LogP contribution in [0.15, 0.2) is 24.5 Å². The summed E-state index contributed by atoms with van der Waals surface area (Å²) in [6.07, 6.45) is 7.95. The number of halogens is 1. The van der Waals surface area contributed by atoms with E-state index in [1.54, 1.807) is 12.4 Å². The minimum Gasteiger partial charge on any atom is -0.271 e. The lowest BCUT2D eigenvalue weighted by atomic mass is 10.1. The second-order valence-electron chi connectivity index (χ2n) is 4.84. The summed E-state index contributed by atoms with van der Waals surface area (Å²) in [5, 5.41) is 0.701. The molecule has 2 aromatic rings. The Bertz CT molecular complexity index is 560. The first-order valence-corrected chi connectivity index (χ1v) is 7.63. The lowest BCUT2D eigenvalue weighted by molar-refractivity contribution is 0.560. The van der Waals surface area contributed by atoms with Gasteiger partial charge in [-0.2, -0.15) is 0 Å². The summed E-state index contributed by atoms with van der Waals surface area (Å²) in [5.41, 5.74) is 5.49. The zero-order valence-corrected chi connectivity index (χ0v) is 12.1. The zero-order valence-electron chi connectivity index (χ0n) is 10.5. The van der Waals surface area contributed by atoms with Crippen molar-refractivity contribution in [1.29, 1.82) is 0 Å². The molecule has 1 unspecified atom stereocenters. The molecule has 0 aromatic carbocycles. The van der Waals surface area contributed by atoms with E-state index in [-0.39, 0.29) is 6.04 Å². The maximum atomic E-state index is 6.16. The number of hydrogen-bond donors (Lipinski definition) is 2. The van der Waals surface area contributed by atoms with E-state index in [0.29, 0.717) is 5.02 Å². The van der Waals surface area contributed by atoms with Crippen LogP contribution in [0.25, 0.3) is 0 Å². The number of aromatic nitrogens is 1. The van der Waals surface area contributed by atoms with Crippen molar-refractivity contribution in [3.05, 3.63) is 50.4 Å². The monoisotopic (exact) mass is 293 g/mol. The molecule has 0 saturated carbocycles. The van der Waals surface area contributed by atoms with Gasteiger partial charge < -0.3 is 0 Å². The number of fused-ring (bicyclic) bond motifs is 1. The number of pyridine rings is 1. The summed E-state index contributed by atoms with van der Waals surface area (Å²) < 4.78 is 0. The van der Waals surface area contributed by atoms with Crippen LogP contribution in [0.4, 0.5) is 0 Å². The predicted molar refractivity (Wildman–Crippen MR) is 79.4 cm³/mol. The Morgan fingerprint density at radius 2 is 2.37 bits per heavy atom. The fourth-order valence-corrected chi connectivity index (χ4v) is 4.07. The number of nitrogens with one attached hydrogen (secondary N) is 1. The molecule has 0 bridgehead atoms. The van der Waals surface area contributed by atoms with E-state index in [1.807, 2.05) is 17.4 Å². The van der Waals surface area contributed by atoms with Crippen LogP contribution >= 0.6 is 22.9 Å². The van der Waals surface area contributed by atoms with Gasteiger partial charge >= 0.3 is 0 Å². The van der Waals surface area contributed by atoms with Crippen LogP contribution in [0.2, 0.25) is 5.02 Å². The molecule has 0 saturated heterocycles. The average molecular weight is 294 g/mol. The topological polar surface area (TPSA) is 50.9 Å². The minimum atomic E-state index is 0.121.